The van der Waals surface area contributed by atoms with E-state index in [0.29, 0.717) is 81.9 Å². The van der Waals surface area contributed by atoms with Crippen LogP contribution < -0.4 is 44.9 Å². The van der Waals surface area contributed by atoms with E-state index in [0.717, 1.165) is 62.1 Å². The van der Waals surface area contributed by atoms with Gasteiger partial charge in [-0.05, 0) is 172 Å². The molecule has 0 atom stereocenters. The third-order valence-electron chi connectivity index (χ3n) is 19.3. The molecular weight excluding hydrogens is 1620 g/mol. The van der Waals surface area contributed by atoms with E-state index >= 15 is 0 Å². The van der Waals surface area contributed by atoms with E-state index < -0.39 is 56.5 Å². The largest absolute Gasteiger partial charge is 0.497 e. The molecule has 0 bridgehead atoms. The van der Waals surface area contributed by atoms with Crippen LogP contribution in [0.1, 0.15) is 89.0 Å². The van der Waals surface area contributed by atoms with Gasteiger partial charge in [0.15, 0.2) is 22.9 Å². The number of amides is 2. The first-order valence-corrected chi connectivity index (χ1v) is 39.6. The number of alkyl halides is 6. The fourth-order valence-corrected chi connectivity index (χ4v) is 13.5. The second kappa shape index (κ2) is 37.5. The Kier molecular flexibility index (Phi) is 26.8. The molecule has 2 aliphatic heterocycles. The number of nitrogens with one attached hydrogen (secondary N) is 2. The number of imidazole rings is 1. The minimum atomic E-state index is -4.82. The Labute approximate surface area is 701 Å². The van der Waals surface area contributed by atoms with Crippen LogP contribution in [0, 0.1) is 40.4 Å². The standard InChI is InChI=1S/C27H23F4N5O3.C27H23F3N4O3.C19H17N4O5S.2C8H10O/c1-15-4-11-21(39-15)22-23-24(34-25(33-22)32-13-16-5-9-19(38-3)10-6-16)36(26(37)35(23)2)14-17-7-8-18(28)12-20(17)27(29,30)31;1-16-7-12-22(37-16)24-20-13-23(35)34(15-18-5-3-4-6-21(18)27(28,29)30)25(20)33-26(32-24)31-14-17-8-10-19(36-2)11-9-17;1-11-4-5-14(28-11)17-15-16(20-19(21-17)29(3,26)27)13(22(2)18(15)24)10-12-6-8-23(25)9-7-12;2*1-7-3-5-8(9-2)6-4-7/h4-12H,13-14H2,1-3H3,(H,32,33,34);3-12H,13-15H2,1-2H3,(H,31,32,33);4-10,25H,1-3H3;2*3-6H,1-2H3/q;;+1;;. The van der Waals surface area contributed by atoms with Gasteiger partial charge in [0.2, 0.25) is 45.2 Å². The van der Waals surface area contributed by atoms with Crippen LogP contribution in [0.4, 0.5) is 48.4 Å². The summed E-state index contributed by atoms with van der Waals surface area (Å²) in [6.07, 6.45) is -3.85. The van der Waals surface area contributed by atoms with Gasteiger partial charge < -0.3 is 47.7 Å². The number of sulfone groups is 1. The average Bonchev–Trinajstić information content (AvgIpc) is 1.61. The smallest absolute Gasteiger partial charge is 0.416 e. The summed E-state index contributed by atoms with van der Waals surface area (Å²) in [4.78, 5) is 68.6. The second-order valence-electron chi connectivity index (χ2n) is 28.2. The van der Waals surface area contributed by atoms with E-state index in [4.69, 9.17) is 32.2 Å². The molecule has 0 spiro atoms. The van der Waals surface area contributed by atoms with Gasteiger partial charge in [0.25, 0.3) is 5.91 Å². The molecule has 0 aliphatic carbocycles. The number of carbonyl (C=O) groups excluding carboxylic acids is 2. The lowest BCUT2D eigenvalue weighted by atomic mass is 10.1. The van der Waals surface area contributed by atoms with Crippen LogP contribution in [0.15, 0.2) is 224 Å². The monoisotopic (exact) mass is 1710 g/mol. The molecule has 14 aromatic rings. The van der Waals surface area contributed by atoms with Gasteiger partial charge in [0.1, 0.15) is 80.2 Å². The lowest BCUT2D eigenvalue weighted by molar-refractivity contribution is -0.904. The van der Waals surface area contributed by atoms with Gasteiger partial charge in [-0.15, -0.1) is 0 Å². The molecule has 0 unspecified atom stereocenters. The summed E-state index contributed by atoms with van der Waals surface area (Å²) >= 11 is 0. The number of aromatic nitrogens is 9. The molecule has 3 N–H and O–H groups in total. The molecule has 34 heteroatoms. The van der Waals surface area contributed by atoms with Crippen LogP contribution in [0.3, 0.4) is 0 Å². The lowest BCUT2D eigenvalue weighted by Crippen LogP contribution is -2.28. The molecule has 0 radical (unpaired) electrons. The van der Waals surface area contributed by atoms with Crippen molar-refractivity contribution in [3.8, 4) is 57.4 Å². The van der Waals surface area contributed by atoms with Crippen LogP contribution in [0.25, 0.3) is 57.3 Å². The predicted molar refractivity (Wildman–Crippen MR) is 444 cm³/mol. The Hall–Kier alpha value is -14.4. The van der Waals surface area contributed by atoms with E-state index in [1.807, 2.05) is 84.9 Å². The maximum Gasteiger partial charge on any atom is 0.416 e. The average molecular weight is 1710 g/mol. The molecule has 0 saturated carbocycles. The van der Waals surface area contributed by atoms with E-state index in [-0.39, 0.29) is 87.5 Å². The van der Waals surface area contributed by atoms with Gasteiger partial charge in [0.05, 0.1) is 70.3 Å². The summed E-state index contributed by atoms with van der Waals surface area (Å²) in [5, 5.41) is 15.3. The Bertz CT molecular complexity index is 6330. The van der Waals surface area contributed by atoms with Crippen molar-refractivity contribution in [2.75, 3.05) is 57.3 Å². The molecule has 636 valence electrons. The molecule has 10 heterocycles. The molecule has 6 aromatic carbocycles. The Morgan fingerprint density at radius 2 is 1.00 bits per heavy atom. The van der Waals surface area contributed by atoms with Crippen molar-refractivity contribution in [1.82, 2.24) is 43.9 Å². The number of carbonyl (C=O) groups is 2. The van der Waals surface area contributed by atoms with Crippen LogP contribution in [-0.2, 0) is 66.6 Å². The molecule has 26 nitrogen and oxygen atoms in total. The molecule has 2 aliphatic rings. The van der Waals surface area contributed by atoms with Crippen LogP contribution >= 0.6 is 0 Å². The maximum atomic E-state index is 13.7. The molecule has 123 heavy (non-hydrogen) atoms. The highest BCUT2D eigenvalue weighted by Gasteiger charge is 2.40. The Balaban J connectivity index is 0.000000153. The number of aryl methyl sites for hydroxylation is 6. The van der Waals surface area contributed by atoms with E-state index in [1.54, 1.807) is 123 Å². The zero-order chi connectivity index (χ0) is 88.4. The SMILES string of the molecule is COc1ccc(C)cc1.COc1ccc(C)cc1.COc1ccc(CNc2nc(-c3ccc(C)o3)c3c(n2)N(Cc2ccccc2C(F)(F)F)C(=O)C3)cc1.COc1ccc(CNc2nc(-c3ccc(C)o3)c3c(n2)n(Cc2ccc(F)cc2C(F)(F)F)c(=O)n3C)cc1.Cc1ccc(-c2nc(S(C)(=O)=O)nc3c2C(=O)N(C)/C3=C\c2cc[n+](O)cc2)o1. The van der Waals surface area contributed by atoms with Crippen molar-refractivity contribution in [1.29, 1.82) is 0 Å². The number of ether oxygens (including phenoxy) is 4. The lowest BCUT2D eigenvalue weighted by Gasteiger charge is -2.20. The van der Waals surface area contributed by atoms with E-state index in [9.17, 15) is 58.7 Å². The quantitative estimate of drug-likeness (QED) is 0.0293. The van der Waals surface area contributed by atoms with Gasteiger partial charge in [-0.3, -0.25) is 28.8 Å². The third-order valence-corrected chi connectivity index (χ3v) is 20.2. The third kappa shape index (κ3) is 21.1. The predicted octanol–water partition coefficient (Wildman–Crippen LogP) is 16.9. The van der Waals surface area contributed by atoms with E-state index in [2.05, 4.69) is 54.4 Å². The van der Waals surface area contributed by atoms with Crippen molar-refractivity contribution >= 4 is 62.3 Å². The Morgan fingerprint density at radius 3 is 1.49 bits per heavy atom. The van der Waals surface area contributed by atoms with Crippen molar-refractivity contribution in [3.05, 3.63) is 301 Å². The molecule has 16 rings (SSSR count). The summed E-state index contributed by atoms with van der Waals surface area (Å²) in [5.74, 6) is 5.08. The topological polar surface area (TPSA) is 304 Å². The number of fused-ring (bicyclic) bond motifs is 3. The van der Waals surface area contributed by atoms with Gasteiger partial charge in [-0.1, -0.05) is 83.9 Å². The number of nitrogens with zero attached hydrogens (tertiary/aromatic N) is 11. The van der Waals surface area contributed by atoms with Gasteiger partial charge in [-0.2, -0.15) is 36.3 Å². The molecule has 0 saturated heterocycles. The minimum absolute atomic E-state index is 0.0158. The first-order chi connectivity index (χ1) is 58.6. The highest BCUT2D eigenvalue weighted by molar-refractivity contribution is 7.90. The van der Waals surface area contributed by atoms with Gasteiger partial charge >= 0.3 is 18.0 Å². The number of furan rings is 3. The first kappa shape index (κ1) is 87.9. The molecular formula is C89H83F7N13O13S+. The van der Waals surface area contributed by atoms with Crippen LogP contribution in [-0.4, -0.2) is 111 Å². The van der Waals surface area contributed by atoms with Crippen molar-refractivity contribution in [2.24, 2.45) is 7.05 Å². The molecule has 2 amide bonds. The van der Waals surface area contributed by atoms with Crippen molar-refractivity contribution < 1.29 is 90.9 Å². The molecule has 8 aromatic heterocycles. The van der Waals surface area contributed by atoms with Crippen molar-refractivity contribution in [3.63, 3.8) is 0 Å². The maximum absolute atomic E-state index is 13.7. The number of rotatable bonds is 19. The highest BCUT2D eigenvalue weighted by atomic mass is 32.2. The van der Waals surface area contributed by atoms with E-state index in [1.165, 1.54) is 63.1 Å². The van der Waals surface area contributed by atoms with Gasteiger partial charge in [-0.25, -0.2) is 37.5 Å². The number of hydrogen-bond donors (Lipinski definition) is 3. The zero-order valence-electron chi connectivity index (χ0n) is 68.5. The van der Waals surface area contributed by atoms with Crippen molar-refractivity contribution in [2.45, 2.75) is 84.7 Å². The van der Waals surface area contributed by atoms with Crippen LogP contribution in [0.5, 0.6) is 23.0 Å². The normalized spacial score (nSPS) is 12.6. The number of benzene rings is 6. The highest BCUT2D eigenvalue weighted by Crippen LogP contribution is 2.42. The zero-order valence-corrected chi connectivity index (χ0v) is 69.3. The number of anilines is 3. The number of methoxy groups -OCH3 is 4. The summed E-state index contributed by atoms with van der Waals surface area (Å²) < 4.78 is 161. The number of hydrogen-bond acceptors (Lipinski definition) is 21. The van der Waals surface area contributed by atoms with Gasteiger partial charge in [0, 0.05) is 55.9 Å². The Morgan fingerprint density at radius 1 is 0.537 bits per heavy atom. The minimum Gasteiger partial charge on any atom is -0.497 e. The first-order valence-electron chi connectivity index (χ1n) is 37.8. The fourth-order valence-electron chi connectivity index (χ4n) is 12.9. The summed E-state index contributed by atoms with van der Waals surface area (Å²) in [5.41, 5.74) is 4.70. The molecule has 0 fully saturated rings. The number of pyridine rings is 1. The summed E-state index contributed by atoms with van der Waals surface area (Å²) in [6.45, 7) is 9.33. The summed E-state index contributed by atoms with van der Waals surface area (Å²) in [6, 6.07) is 51.8. The second-order valence-corrected chi connectivity index (χ2v) is 30.1. The number of halogens is 7. The fraction of sp³-hybridized carbons (Fsp3) is 0.213. The summed E-state index contributed by atoms with van der Waals surface area (Å²) in [7, 11) is 5.80. The van der Waals surface area contributed by atoms with Crippen LogP contribution in [0.2, 0.25) is 0 Å².